The molecule has 3 aromatic rings. The minimum absolute atomic E-state index is 0.00758. The van der Waals surface area contributed by atoms with E-state index in [1.54, 1.807) is 4.57 Å². The minimum atomic E-state index is -2.53. The number of hydrogen-bond acceptors (Lipinski definition) is 7. The molecule has 3 heterocycles. The van der Waals surface area contributed by atoms with Crippen LogP contribution >= 0.6 is 0 Å². The van der Waals surface area contributed by atoms with Crippen molar-refractivity contribution in [1.29, 1.82) is 0 Å². The molecule has 0 bridgehead atoms. The van der Waals surface area contributed by atoms with Crippen LogP contribution in [-0.2, 0) is 4.74 Å². The molecular weight excluding hydrogens is 425 g/mol. The molecule has 4 unspecified atom stereocenters. The van der Waals surface area contributed by atoms with Crippen LogP contribution in [0.2, 0.25) is 0 Å². The van der Waals surface area contributed by atoms with Gasteiger partial charge in [-0.15, -0.1) is 0 Å². The normalized spacial score (nSPS) is 31.3. The van der Waals surface area contributed by atoms with Crippen molar-refractivity contribution < 1.29 is 29.9 Å². The van der Waals surface area contributed by atoms with Crippen molar-refractivity contribution in [1.82, 2.24) is 19.5 Å². The number of benzene rings is 1. The largest absolute Gasteiger partial charge is 0.393 e. The van der Waals surface area contributed by atoms with Crippen LogP contribution in [-0.4, -0.2) is 50.0 Å². The summed E-state index contributed by atoms with van der Waals surface area (Å²) in [6.45, 7) is 0.686. The molecule has 3 N–H and O–H groups in total. The number of fused-ring (bicyclic) bond motifs is 1. The number of nitrogens with one attached hydrogen (secondary N) is 2. The molecular formula is C21H23F3N6O2. The second-order valence-electron chi connectivity index (χ2n) is 7.49. The Labute approximate surface area is 188 Å². The highest BCUT2D eigenvalue weighted by Crippen LogP contribution is 2.32. The van der Waals surface area contributed by atoms with Crippen molar-refractivity contribution in [3.63, 3.8) is 0 Å². The smallest absolute Gasteiger partial charge is 0.224 e. The average Bonchev–Trinajstić information content (AvgIpc) is 3.46. The Morgan fingerprint density at radius 2 is 1.97 bits per heavy atom. The summed E-state index contributed by atoms with van der Waals surface area (Å²) in [6.07, 6.45) is -6.85. The molecule has 5 rings (SSSR count). The van der Waals surface area contributed by atoms with E-state index in [1.165, 1.54) is 6.20 Å². The van der Waals surface area contributed by atoms with Gasteiger partial charge < -0.3 is 20.5 Å². The molecule has 1 aliphatic heterocycles. The van der Waals surface area contributed by atoms with E-state index in [9.17, 15) is 18.3 Å². The van der Waals surface area contributed by atoms with Gasteiger partial charge in [-0.3, -0.25) is 4.57 Å². The van der Waals surface area contributed by atoms with Gasteiger partial charge in [0.1, 0.15) is 17.0 Å². The molecule has 2 aliphatic rings. The summed E-state index contributed by atoms with van der Waals surface area (Å²) in [7, 11) is 0. The molecule has 1 saturated carbocycles. The second-order valence-corrected chi connectivity index (χ2v) is 7.49. The molecule has 32 heavy (non-hydrogen) atoms. The number of anilines is 3. The lowest BCUT2D eigenvalue weighted by Gasteiger charge is -2.26. The summed E-state index contributed by atoms with van der Waals surface area (Å²) < 4.78 is 89.4. The molecule has 170 valence electrons. The Hall–Kier alpha value is -2.92. The van der Waals surface area contributed by atoms with E-state index in [4.69, 9.17) is 11.6 Å². The number of hydrogen-bond donors (Lipinski definition) is 3. The quantitative estimate of drug-likeness (QED) is 0.542. The highest BCUT2D eigenvalue weighted by Gasteiger charge is 2.27. The highest BCUT2D eigenvalue weighted by molar-refractivity contribution is 5.76. The van der Waals surface area contributed by atoms with Crippen LogP contribution in [0.15, 0.2) is 18.3 Å². The van der Waals surface area contributed by atoms with Gasteiger partial charge in [0, 0.05) is 31.6 Å². The predicted octanol–water partition coefficient (Wildman–Crippen LogP) is 3.66. The van der Waals surface area contributed by atoms with Crippen LogP contribution in [0.3, 0.4) is 0 Å². The van der Waals surface area contributed by atoms with Crippen molar-refractivity contribution in [2.75, 3.05) is 23.8 Å². The molecule has 2 aromatic heterocycles. The minimum Gasteiger partial charge on any atom is -0.393 e. The van der Waals surface area contributed by atoms with E-state index in [2.05, 4.69) is 25.6 Å². The van der Waals surface area contributed by atoms with Crippen LogP contribution in [0.5, 0.6) is 0 Å². The molecule has 1 aromatic carbocycles. The Bertz CT molecular complexity index is 1320. The van der Waals surface area contributed by atoms with Gasteiger partial charge in [0.05, 0.1) is 24.9 Å². The van der Waals surface area contributed by atoms with Gasteiger partial charge in [0.15, 0.2) is 17.3 Å². The first kappa shape index (κ1) is 15.8. The van der Waals surface area contributed by atoms with Crippen LogP contribution < -0.4 is 10.6 Å². The highest BCUT2D eigenvalue weighted by atomic mass is 19.1. The SMILES string of the molecule is [2H]C1C(Nc2ncc3nc(Nc4c(F)cc(F)cc4F)n(C4CCOC4)c3n2)CC([2H])([2H])C(O)C1([2H])[2H]. The van der Waals surface area contributed by atoms with Gasteiger partial charge in [-0.1, -0.05) is 0 Å². The van der Waals surface area contributed by atoms with E-state index in [1.807, 2.05) is 0 Å². The summed E-state index contributed by atoms with van der Waals surface area (Å²) in [6, 6.07) is -0.320. The van der Waals surface area contributed by atoms with Gasteiger partial charge in [-0.25, -0.2) is 23.1 Å². The number of aromatic nitrogens is 4. The zero-order valence-electron chi connectivity index (χ0n) is 21.6. The van der Waals surface area contributed by atoms with Gasteiger partial charge >= 0.3 is 0 Å². The molecule has 11 heteroatoms. The lowest BCUT2D eigenvalue weighted by atomic mass is 9.93. The van der Waals surface area contributed by atoms with E-state index in [-0.39, 0.29) is 42.1 Å². The first-order chi connectivity index (χ1) is 17.4. The fourth-order valence-electron chi connectivity index (χ4n) is 3.72. The second kappa shape index (κ2) is 8.55. The predicted molar refractivity (Wildman–Crippen MR) is 111 cm³/mol. The summed E-state index contributed by atoms with van der Waals surface area (Å²) >= 11 is 0. The maximum Gasteiger partial charge on any atom is 0.224 e. The molecule has 0 spiro atoms. The topological polar surface area (TPSA) is 97.1 Å². The van der Waals surface area contributed by atoms with E-state index >= 15 is 0 Å². The van der Waals surface area contributed by atoms with Crippen molar-refractivity contribution in [2.45, 2.75) is 50.2 Å². The Kier molecular flexibility index (Phi) is 4.22. The molecule has 2 fully saturated rings. The third kappa shape index (κ3) is 4.09. The fraction of sp³-hybridized carbons (Fsp3) is 0.476. The zero-order valence-corrected chi connectivity index (χ0v) is 16.6. The first-order valence-corrected chi connectivity index (χ1v) is 9.99. The van der Waals surface area contributed by atoms with Crippen molar-refractivity contribution in [3.05, 3.63) is 35.8 Å². The number of aliphatic hydroxyl groups excluding tert-OH is 1. The Balaban J connectivity index is 1.52. The molecule has 8 nitrogen and oxygen atoms in total. The lowest BCUT2D eigenvalue weighted by molar-refractivity contribution is 0.126. The number of halogens is 3. The summed E-state index contributed by atoms with van der Waals surface area (Å²) in [5.74, 6) is -3.43. The monoisotopic (exact) mass is 453 g/mol. The van der Waals surface area contributed by atoms with Gasteiger partial charge in [0.2, 0.25) is 11.9 Å². The third-order valence-corrected chi connectivity index (χ3v) is 5.25. The standard InChI is InChI=1S/C21H23F3N6O2/c22-11-7-15(23)18(16(24)8-11)28-21-27-17-9-25-20(26-12-1-3-14(31)4-2-12)29-19(17)30(21)13-5-6-32-10-13/h7-9,12-14,31H,1-6,10H2,(H,27,28)(H,25,26,29)/i1D,3D2,4D2. The summed E-state index contributed by atoms with van der Waals surface area (Å²) in [4.78, 5) is 12.9. The number of ether oxygens (including phenoxy) is 1. The summed E-state index contributed by atoms with van der Waals surface area (Å²) in [5, 5.41) is 15.4. The van der Waals surface area contributed by atoms with Crippen LogP contribution in [0.4, 0.5) is 30.8 Å². The van der Waals surface area contributed by atoms with Gasteiger partial charge in [-0.2, -0.15) is 4.98 Å². The average molecular weight is 453 g/mol. The molecule has 4 atom stereocenters. The van der Waals surface area contributed by atoms with E-state index < -0.39 is 54.4 Å². The molecule has 1 aliphatic carbocycles. The molecule has 0 amide bonds. The number of rotatable bonds is 5. The Morgan fingerprint density at radius 3 is 2.72 bits per heavy atom. The summed E-state index contributed by atoms with van der Waals surface area (Å²) in [5.41, 5.74) is -0.123. The molecule has 0 radical (unpaired) electrons. The van der Waals surface area contributed by atoms with Crippen LogP contribution in [0.1, 0.15) is 44.9 Å². The molecule has 1 saturated heterocycles. The maximum absolute atomic E-state index is 14.3. The van der Waals surface area contributed by atoms with Gasteiger partial charge in [-0.05, 0) is 32.0 Å². The van der Waals surface area contributed by atoms with Gasteiger partial charge in [0.25, 0.3) is 0 Å². The van der Waals surface area contributed by atoms with Crippen LogP contribution in [0, 0.1) is 17.5 Å². The van der Waals surface area contributed by atoms with E-state index in [0.717, 1.165) is 0 Å². The Morgan fingerprint density at radius 1 is 1.16 bits per heavy atom. The number of imidazole rings is 1. The zero-order chi connectivity index (χ0) is 26.7. The van der Waals surface area contributed by atoms with Crippen molar-refractivity contribution in [2.24, 2.45) is 0 Å². The number of aliphatic hydroxyl groups is 1. The fourth-order valence-corrected chi connectivity index (χ4v) is 3.72. The first-order valence-electron chi connectivity index (χ1n) is 12.6. The third-order valence-electron chi connectivity index (χ3n) is 5.25. The van der Waals surface area contributed by atoms with Crippen molar-refractivity contribution in [3.8, 4) is 0 Å². The van der Waals surface area contributed by atoms with E-state index in [0.29, 0.717) is 25.2 Å². The maximum atomic E-state index is 14.3. The number of nitrogens with zero attached hydrogens (tertiary/aromatic N) is 4. The van der Waals surface area contributed by atoms with Crippen LogP contribution in [0.25, 0.3) is 11.2 Å². The lowest BCUT2D eigenvalue weighted by Crippen LogP contribution is -2.29. The van der Waals surface area contributed by atoms with Crippen molar-refractivity contribution >= 4 is 28.7 Å².